The highest BCUT2D eigenvalue weighted by molar-refractivity contribution is 6.06. The van der Waals surface area contributed by atoms with Crippen molar-refractivity contribution in [3.05, 3.63) is 101 Å². The number of nitrogens with one attached hydrogen (secondary N) is 1. The van der Waals surface area contributed by atoms with Gasteiger partial charge in [0.1, 0.15) is 5.75 Å². The third kappa shape index (κ3) is 4.72. The molecule has 0 saturated carbocycles. The van der Waals surface area contributed by atoms with Crippen molar-refractivity contribution in [2.24, 2.45) is 0 Å². The number of hydrogen-bond donors (Lipinski definition) is 1. The summed E-state index contributed by atoms with van der Waals surface area (Å²) in [6.45, 7) is 3.71. The van der Waals surface area contributed by atoms with Gasteiger partial charge in [-0.15, -0.1) is 0 Å². The van der Waals surface area contributed by atoms with E-state index in [4.69, 9.17) is 9.26 Å². The van der Waals surface area contributed by atoms with E-state index < -0.39 is 0 Å². The van der Waals surface area contributed by atoms with Gasteiger partial charge in [-0.1, -0.05) is 47.6 Å². The Labute approximate surface area is 192 Å². The maximum Gasteiger partial charge on any atom is 0.259 e. The Kier molecular flexibility index (Phi) is 5.76. The second-order valence-electron chi connectivity index (χ2n) is 7.97. The lowest BCUT2D eigenvalue weighted by Gasteiger charge is -2.19. The molecule has 0 spiro atoms. The first-order valence-corrected chi connectivity index (χ1v) is 10.9. The number of ether oxygens (including phenoxy) is 1. The predicted molar refractivity (Wildman–Crippen MR) is 125 cm³/mol. The zero-order chi connectivity index (χ0) is 22.6. The molecule has 2 heterocycles. The van der Waals surface area contributed by atoms with Gasteiger partial charge < -0.3 is 19.5 Å². The Bertz CT molecular complexity index is 1270. The quantitative estimate of drug-likeness (QED) is 0.446. The third-order valence-corrected chi connectivity index (χ3v) is 5.63. The maximum atomic E-state index is 12.9. The number of carbonyl (C=O) groups is 1. The van der Waals surface area contributed by atoms with Crippen LogP contribution in [0.3, 0.4) is 0 Å². The first-order valence-electron chi connectivity index (χ1n) is 10.9. The van der Waals surface area contributed by atoms with Gasteiger partial charge in [0.2, 0.25) is 11.7 Å². The highest BCUT2D eigenvalue weighted by Crippen LogP contribution is 2.29. The molecule has 1 aromatic heterocycles. The summed E-state index contributed by atoms with van der Waals surface area (Å²) in [5.74, 6) is 1.12. The Morgan fingerprint density at radius 3 is 2.67 bits per heavy atom. The smallest absolute Gasteiger partial charge is 0.259 e. The van der Waals surface area contributed by atoms with Gasteiger partial charge in [-0.05, 0) is 47.9 Å². The summed E-state index contributed by atoms with van der Waals surface area (Å²) in [5.41, 5.74) is 5.08. The first-order chi connectivity index (χ1) is 16.2. The molecular weight excluding hydrogens is 416 g/mol. The zero-order valence-corrected chi connectivity index (χ0v) is 18.3. The summed E-state index contributed by atoms with van der Waals surface area (Å²) < 4.78 is 10.7. The van der Waals surface area contributed by atoms with Gasteiger partial charge in [0.05, 0.1) is 5.56 Å². The standard InChI is InChI=1S/C26H24N4O3/c1-18-27-25(29-33-18)17-32-24-9-5-3-7-22(24)26(31)28-21-12-10-19(11-13-21)16-30-15-14-20-6-2-4-8-23(20)30/h2-13H,14-17H2,1H3,(H,28,31). The molecule has 7 heteroatoms. The lowest BCUT2D eigenvalue weighted by molar-refractivity contribution is 0.102. The molecule has 33 heavy (non-hydrogen) atoms. The summed E-state index contributed by atoms with van der Waals surface area (Å²) >= 11 is 0. The minimum absolute atomic E-state index is 0.121. The van der Waals surface area contributed by atoms with E-state index in [9.17, 15) is 4.79 Å². The molecule has 0 aliphatic carbocycles. The van der Waals surface area contributed by atoms with E-state index in [1.54, 1.807) is 25.1 Å². The Hall–Kier alpha value is -4.13. The van der Waals surface area contributed by atoms with Crippen molar-refractivity contribution in [2.75, 3.05) is 16.8 Å². The van der Waals surface area contributed by atoms with Gasteiger partial charge in [0, 0.05) is 31.4 Å². The highest BCUT2D eigenvalue weighted by atomic mass is 16.5. The lowest BCUT2D eigenvalue weighted by Crippen LogP contribution is -2.19. The number of aryl methyl sites for hydroxylation is 1. The minimum Gasteiger partial charge on any atom is -0.485 e. The number of aromatic nitrogens is 2. The fourth-order valence-corrected chi connectivity index (χ4v) is 4.01. The molecule has 0 saturated heterocycles. The fraction of sp³-hybridized carbons (Fsp3) is 0.192. The summed E-state index contributed by atoms with van der Waals surface area (Å²) in [7, 11) is 0. The van der Waals surface area contributed by atoms with E-state index in [2.05, 4.69) is 56.8 Å². The van der Waals surface area contributed by atoms with Crippen LogP contribution < -0.4 is 15.0 Å². The molecule has 0 bridgehead atoms. The lowest BCUT2D eigenvalue weighted by atomic mass is 10.1. The number of fused-ring (bicyclic) bond motifs is 1. The van der Waals surface area contributed by atoms with E-state index >= 15 is 0 Å². The van der Waals surface area contributed by atoms with Gasteiger partial charge in [-0.3, -0.25) is 4.79 Å². The largest absolute Gasteiger partial charge is 0.485 e. The molecule has 0 unspecified atom stereocenters. The van der Waals surface area contributed by atoms with Crippen molar-refractivity contribution in [3.63, 3.8) is 0 Å². The average Bonchev–Trinajstić information content (AvgIpc) is 3.45. The van der Waals surface area contributed by atoms with Crippen LogP contribution in [-0.2, 0) is 19.6 Å². The van der Waals surface area contributed by atoms with Crippen LogP contribution >= 0.6 is 0 Å². The molecular formula is C26H24N4O3. The van der Waals surface area contributed by atoms with Crippen LogP contribution in [0.5, 0.6) is 5.75 Å². The van der Waals surface area contributed by atoms with Crippen LogP contribution in [0.2, 0.25) is 0 Å². The summed E-state index contributed by atoms with van der Waals surface area (Å²) in [6, 6.07) is 23.6. The number of carbonyl (C=O) groups excluding carboxylic acids is 1. The molecule has 7 nitrogen and oxygen atoms in total. The van der Waals surface area contributed by atoms with E-state index in [-0.39, 0.29) is 12.5 Å². The first kappa shape index (κ1) is 20.8. The normalized spacial score (nSPS) is 12.5. The molecule has 5 rings (SSSR count). The predicted octanol–water partition coefficient (Wildman–Crippen LogP) is 4.77. The topological polar surface area (TPSA) is 80.5 Å². The number of rotatable bonds is 7. The van der Waals surface area contributed by atoms with Gasteiger partial charge >= 0.3 is 0 Å². The molecule has 0 radical (unpaired) electrons. The molecule has 1 amide bonds. The van der Waals surface area contributed by atoms with Crippen molar-refractivity contribution in [2.45, 2.75) is 26.5 Å². The monoisotopic (exact) mass is 440 g/mol. The number of amides is 1. The van der Waals surface area contributed by atoms with Crippen LogP contribution in [0, 0.1) is 6.92 Å². The highest BCUT2D eigenvalue weighted by Gasteiger charge is 2.18. The van der Waals surface area contributed by atoms with Crippen molar-refractivity contribution in [3.8, 4) is 5.75 Å². The van der Waals surface area contributed by atoms with Gasteiger partial charge in [-0.25, -0.2) is 0 Å². The van der Waals surface area contributed by atoms with E-state index in [1.807, 2.05) is 18.2 Å². The summed E-state index contributed by atoms with van der Waals surface area (Å²) in [5, 5.41) is 6.77. The molecule has 0 atom stereocenters. The SMILES string of the molecule is Cc1nc(COc2ccccc2C(=O)Nc2ccc(CN3CCc4ccccc43)cc2)no1. The van der Waals surface area contributed by atoms with E-state index in [1.165, 1.54) is 16.8 Å². The second kappa shape index (κ2) is 9.16. The van der Waals surface area contributed by atoms with Crippen LogP contribution in [-0.4, -0.2) is 22.6 Å². The Balaban J connectivity index is 1.22. The third-order valence-electron chi connectivity index (χ3n) is 5.63. The van der Waals surface area contributed by atoms with Crippen molar-refractivity contribution in [1.29, 1.82) is 0 Å². The van der Waals surface area contributed by atoms with Crippen molar-refractivity contribution < 1.29 is 14.1 Å². The van der Waals surface area contributed by atoms with Crippen molar-refractivity contribution in [1.82, 2.24) is 10.1 Å². The van der Waals surface area contributed by atoms with Crippen LogP contribution in [0.25, 0.3) is 0 Å². The number of hydrogen-bond acceptors (Lipinski definition) is 6. The molecule has 4 aromatic rings. The second-order valence-corrected chi connectivity index (χ2v) is 7.97. The van der Waals surface area contributed by atoms with Gasteiger partial charge in [-0.2, -0.15) is 4.98 Å². The zero-order valence-electron chi connectivity index (χ0n) is 18.3. The summed E-state index contributed by atoms with van der Waals surface area (Å²) in [4.78, 5) is 19.4. The molecule has 1 N–H and O–H groups in total. The van der Waals surface area contributed by atoms with E-state index in [0.29, 0.717) is 23.0 Å². The molecule has 166 valence electrons. The molecule has 1 aliphatic heterocycles. The number of benzene rings is 3. The minimum atomic E-state index is -0.240. The number of para-hydroxylation sites is 2. The Morgan fingerprint density at radius 1 is 1.06 bits per heavy atom. The summed E-state index contributed by atoms with van der Waals surface area (Å²) in [6.07, 6.45) is 1.08. The average molecular weight is 441 g/mol. The van der Waals surface area contributed by atoms with Crippen LogP contribution in [0.4, 0.5) is 11.4 Å². The Morgan fingerprint density at radius 2 is 1.85 bits per heavy atom. The maximum absolute atomic E-state index is 12.9. The molecule has 3 aromatic carbocycles. The fourth-order valence-electron chi connectivity index (χ4n) is 4.01. The number of nitrogens with zero attached hydrogens (tertiary/aromatic N) is 3. The molecule has 0 fully saturated rings. The van der Waals surface area contributed by atoms with Crippen molar-refractivity contribution >= 4 is 17.3 Å². The number of anilines is 2. The van der Waals surface area contributed by atoms with Crippen LogP contribution in [0.15, 0.2) is 77.3 Å². The van der Waals surface area contributed by atoms with Gasteiger partial charge in [0.25, 0.3) is 5.91 Å². The van der Waals surface area contributed by atoms with E-state index in [0.717, 1.165) is 25.2 Å². The van der Waals surface area contributed by atoms with Gasteiger partial charge in [0.15, 0.2) is 6.61 Å². The molecule has 1 aliphatic rings. The van der Waals surface area contributed by atoms with Crippen LogP contribution in [0.1, 0.15) is 33.2 Å².